The molecule has 0 aromatic carbocycles. The summed E-state index contributed by atoms with van der Waals surface area (Å²) in [5.74, 6) is -1.79. The van der Waals surface area contributed by atoms with E-state index in [1.807, 2.05) is 0 Å². The van der Waals surface area contributed by atoms with Gasteiger partial charge in [0.05, 0.1) is 6.61 Å². The molecule has 0 aliphatic heterocycles. The van der Waals surface area contributed by atoms with E-state index >= 15 is 0 Å². The lowest BCUT2D eigenvalue weighted by molar-refractivity contribution is -0.138. The van der Waals surface area contributed by atoms with Gasteiger partial charge in [0.1, 0.15) is 0 Å². The number of carbonyl (C=O) groups excluding carboxylic acids is 1. The zero-order chi connectivity index (χ0) is 10.7. The predicted molar refractivity (Wildman–Crippen MR) is 49.5 cm³/mol. The number of carboxylic acids is 1. The van der Waals surface area contributed by atoms with Crippen LogP contribution >= 0.6 is 11.6 Å². The van der Waals surface area contributed by atoms with Gasteiger partial charge >= 0.3 is 11.9 Å². The Morgan fingerprint density at radius 3 is 2.31 bits per heavy atom. The second-order valence-corrected chi connectivity index (χ2v) is 1.89. The van der Waals surface area contributed by atoms with Crippen molar-refractivity contribution < 1.29 is 19.4 Å². The molecule has 0 aromatic rings. The topological polar surface area (TPSA) is 63.6 Å². The normalized spacial score (nSPS) is 8.46. The Kier molecular flexibility index (Phi) is 11.7. The second-order valence-electron chi connectivity index (χ2n) is 1.58. The molecule has 0 radical (unpaired) electrons. The summed E-state index contributed by atoms with van der Waals surface area (Å²) in [6.45, 7) is 5.02. The van der Waals surface area contributed by atoms with Crippen LogP contribution in [-0.2, 0) is 14.3 Å². The molecule has 74 valence electrons. The minimum absolute atomic E-state index is 0.253. The second kappa shape index (κ2) is 10.7. The van der Waals surface area contributed by atoms with Crippen LogP contribution in [0.25, 0.3) is 0 Å². The van der Waals surface area contributed by atoms with Crippen LogP contribution in [0.15, 0.2) is 24.3 Å². The quantitative estimate of drug-likeness (QED) is 0.562. The van der Waals surface area contributed by atoms with Gasteiger partial charge < -0.3 is 9.84 Å². The van der Waals surface area contributed by atoms with E-state index in [1.54, 1.807) is 6.92 Å². The average molecular weight is 207 g/mol. The number of esters is 1. The Morgan fingerprint density at radius 2 is 2.00 bits per heavy atom. The number of ether oxygens (including phenoxy) is 1. The highest BCUT2D eigenvalue weighted by atomic mass is 35.5. The minimum atomic E-state index is -1.16. The van der Waals surface area contributed by atoms with Crippen molar-refractivity contribution >= 4 is 23.5 Å². The van der Waals surface area contributed by atoms with Gasteiger partial charge in [-0.05, 0) is 12.5 Å². The van der Waals surface area contributed by atoms with Crippen molar-refractivity contribution in [1.82, 2.24) is 0 Å². The molecule has 0 heterocycles. The summed E-state index contributed by atoms with van der Waals surface area (Å²) >= 11 is 4.76. The average Bonchev–Trinajstić information content (AvgIpc) is 2.03. The molecule has 0 rings (SSSR count). The highest BCUT2D eigenvalue weighted by Crippen LogP contribution is 1.80. The number of hydrogen-bond donors (Lipinski definition) is 1. The molecule has 0 fully saturated rings. The van der Waals surface area contributed by atoms with Crippen molar-refractivity contribution in [1.29, 1.82) is 0 Å². The molecule has 0 aromatic heterocycles. The molecule has 0 atom stereocenters. The molecular formula is C8H11ClO4. The number of aliphatic carboxylic acids is 1. The van der Waals surface area contributed by atoms with Gasteiger partial charge in [0.2, 0.25) is 0 Å². The molecule has 0 bridgehead atoms. The van der Waals surface area contributed by atoms with E-state index in [0.29, 0.717) is 0 Å². The minimum Gasteiger partial charge on any atom is -0.478 e. The molecule has 0 unspecified atom stereocenters. The van der Waals surface area contributed by atoms with Crippen LogP contribution in [0.3, 0.4) is 0 Å². The first kappa shape index (κ1) is 14.2. The molecule has 0 saturated carbocycles. The summed E-state index contributed by atoms with van der Waals surface area (Å²) in [6, 6.07) is 0. The van der Waals surface area contributed by atoms with Gasteiger partial charge in [-0.3, -0.25) is 0 Å². The van der Waals surface area contributed by atoms with Gasteiger partial charge in [0, 0.05) is 12.2 Å². The Balaban J connectivity index is 0. The summed E-state index contributed by atoms with van der Waals surface area (Å²) in [5.41, 5.74) is 1.22. The maximum absolute atomic E-state index is 10.4. The molecule has 5 heteroatoms. The van der Waals surface area contributed by atoms with Crippen LogP contribution < -0.4 is 0 Å². The van der Waals surface area contributed by atoms with Crippen LogP contribution in [0.5, 0.6) is 0 Å². The fraction of sp³-hybridized carbons (Fsp3) is 0.250. The van der Waals surface area contributed by atoms with E-state index in [-0.39, 0.29) is 6.61 Å². The maximum atomic E-state index is 10.4. The number of carbonyl (C=O) groups is 2. The molecule has 0 aliphatic carbocycles. The number of carboxylic acid groups (broad SMARTS) is 1. The molecule has 13 heavy (non-hydrogen) atoms. The van der Waals surface area contributed by atoms with Crippen molar-refractivity contribution in [2.45, 2.75) is 6.92 Å². The van der Waals surface area contributed by atoms with Crippen molar-refractivity contribution in [2.24, 2.45) is 0 Å². The maximum Gasteiger partial charge on any atom is 0.330 e. The largest absolute Gasteiger partial charge is 0.478 e. The van der Waals surface area contributed by atoms with Crippen molar-refractivity contribution in [3.05, 3.63) is 24.3 Å². The zero-order valence-corrected chi connectivity index (χ0v) is 7.95. The van der Waals surface area contributed by atoms with Crippen molar-refractivity contribution in [3.63, 3.8) is 0 Å². The van der Waals surface area contributed by atoms with E-state index in [1.165, 1.54) is 5.54 Å². The smallest absolute Gasteiger partial charge is 0.330 e. The van der Waals surface area contributed by atoms with E-state index in [0.717, 1.165) is 12.2 Å². The third kappa shape index (κ3) is 18.0. The first-order chi connectivity index (χ1) is 6.08. The molecule has 0 aliphatic rings. The van der Waals surface area contributed by atoms with Gasteiger partial charge in [0.25, 0.3) is 0 Å². The first-order valence-corrected chi connectivity index (χ1v) is 3.81. The Bertz CT molecular complexity index is 198. The van der Waals surface area contributed by atoms with Gasteiger partial charge in [-0.2, -0.15) is 0 Å². The third-order valence-corrected chi connectivity index (χ3v) is 0.649. The summed E-state index contributed by atoms with van der Waals surface area (Å²) in [5, 5.41) is 8.04. The fourth-order valence-corrected chi connectivity index (χ4v) is 0.330. The first-order valence-electron chi connectivity index (χ1n) is 3.37. The molecule has 0 saturated heterocycles. The van der Waals surface area contributed by atoms with E-state index < -0.39 is 11.9 Å². The summed E-state index contributed by atoms with van der Waals surface area (Å²) in [4.78, 5) is 20.2. The van der Waals surface area contributed by atoms with Gasteiger partial charge in [-0.15, -0.1) is 0 Å². The SMILES string of the molecule is C=CCl.CCOC(=O)C=CC(=O)O. The third-order valence-electron chi connectivity index (χ3n) is 0.649. The van der Waals surface area contributed by atoms with Crippen LogP contribution in [-0.4, -0.2) is 23.7 Å². The Morgan fingerprint density at radius 1 is 1.54 bits per heavy atom. The summed E-state index contributed by atoms with van der Waals surface area (Å²) < 4.78 is 4.40. The molecule has 0 spiro atoms. The standard InChI is InChI=1S/C6H8O4.C2H3Cl/c1-2-10-6(9)4-3-5(7)8;1-2-3/h3-4H,2H2,1H3,(H,7,8);2H,1H2. The lowest BCUT2D eigenvalue weighted by Gasteiger charge is -1.92. The van der Waals surface area contributed by atoms with Gasteiger partial charge in [-0.1, -0.05) is 18.2 Å². The van der Waals surface area contributed by atoms with Crippen LogP contribution in [0, 0.1) is 0 Å². The number of halogens is 1. The van der Waals surface area contributed by atoms with Gasteiger partial charge in [-0.25, -0.2) is 9.59 Å². The van der Waals surface area contributed by atoms with Crippen molar-refractivity contribution in [3.8, 4) is 0 Å². The van der Waals surface area contributed by atoms with E-state index in [4.69, 9.17) is 16.7 Å². The number of hydrogen-bond acceptors (Lipinski definition) is 3. The molecule has 1 N–H and O–H groups in total. The van der Waals surface area contributed by atoms with E-state index in [2.05, 4.69) is 11.3 Å². The summed E-state index contributed by atoms with van der Waals surface area (Å²) in [6.07, 6.45) is 1.60. The van der Waals surface area contributed by atoms with E-state index in [9.17, 15) is 9.59 Å². The van der Waals surface area contributed by atoms with Crippen molar-refractivity contribution in [2.75, 3.05) is 6.61 Å². The fourth-order valence-electron chi connectivity index (χ4n) is 0.330. The molecule has 0 amide bonds. The van der Waals surface area contributed by atoms with Crippen LogP contribution in [0.4, 0.5) is 0 Å². The van der Waals surface area contributed by atoms with Crippen LogP contribution in [0.1, 0.15) is 6.92 Å². The zero-order valence-electron chi connectivity index (χ0n) is 7.20. The monoisotopic (exact) mass is 206 g/mol. The molecule has 4 nitrogen and oxygen atoms in total. The Labute approximate surface area is 81.5 Å². The number of rotatable bonds is 3. The summed E-state index contributed by atoms with van der Waals surface area (Å²) in [7, 11) is 0. The van der Waals surface area contributed by atoms with Gasteiger partial charge in [0.15, 0.2) is 0 Å². The lowest BCUT2D eigenvalue weighted by atomic mass is 10.5. The Hall–Kier alpha value is -1.29. The predicted octanol–water partition coefficient (Wildman–Crippen LogP) is 1.56. The highest BCUT2D eigenvalue weighted by molar-refractivity contribution is 6.25. The lowest BCUT2D eigenvalue weighted by Crippen LogP contribution is -2.00. The molecular weight excluding hydrogens is 196 g/mol. The highest BCUT2D eigenvalue weighted by Gasteiger charge is 1.94. The van der Waals surface area contributed by atoms with Crippen LogP contribution in [0.2, 0.25) is 0 Å².